The number of hydrogen-bond donors (Lipinski definition) is 4. The lowest BCUT2D eigenvalue weighted by Crippen LogP contribution is -2.54. The Morgan fingerprint density at radius 2 is 1.83 bits per heavy atom. The van der Waals surface area contributed by atoms with Crippen molar-refractivity contribution >= 4 is 17.7 Å². The Balaban J connectivity index is 1.56. The summed E-state index contributed by atoms with van der Waals surface area (Å²) in [5, 5.41) is 14.3. The van der Waals surface area contributed by atoms with Crippen molar-refractivity contribution in [1.29, 1.82) is 0 Å². The predicted octanol–water partition coefficient (Wildman–Crippen LogP) is 4.32. The van der Waals surface area contributed by atoms with Crippen molar-refractivity contribution in [2.75, 3.05) is 25.6 Å². The van der Waals surface area contributed by atoms with E-state index >= 15 is 0 Å². The van der Waals surface area contributed by atoms with Crippen molar-refractivity contribution in [3.05, 3.63) is 71.4 Å². The Hall–Kier alpha value is -4.23. The maximum absolute atomic E-state index is 14.9. The number of nitrogens with two attached hydrogens (primary N) is 1. The van der Waals surface area contributed by atoms with Gasteiger partial charge in [0.05, 0.1) is 24.1 Å². The minimum Gasteiger partial charge on any atom is -0.491 e. The molecule has 3 aromatic rings. The molecule has 2 aromatic heterocycles. The van der Waals surface area contributed by atoms with Gasteiger partial charge >= 0.3 is 6.09 Å². The van der Waals surface area contributed by atoms with Gasteiger partial charge in [0.1, 0.15) is 41.2 Å². The molecule has 0 saturated heterocycles. The van der Waals surface area contributed by atoms with E-state index in [0.29, 0.717) is 18.5 Å². The summed E-state index contributed by atoms with van der Waals surface area (Å²) in [5.41, 5.74) is 5.67. The van der Waals surface area contributed by atoms with Crippen molar-refractivity contribution in [2.45, 2.75) is 37.8 Å². The Morgan fingerprint density at radius 1 is 1.10 bits per heavy atom. The number of ether oxygens (including phenoxy) is 2. The molecule has 1 fully saturated rings. The van der Waals surface area contributed by atoms with Crippen molar-refractivity contribution in [1.82, 2.24) is 15.3 Å². The lowest BCUT2D eigenvalue weighted by molar-refractivity contribution is 0.102. The molecule has 4 atom stereocenters. The van der Waals surface area contributed by atoms with Gasteiger partial charge in [-0.2, -0.15) is 0 Å². The van der Waals surface area contributed by atoms with Crippen LogP contribution in [-0.4, -0.2) is 59.5 Å². The summed E-state index contributed by atoms with van der Waals surface area (Å²) in [4.78, 5) is 32.3. The second kappa shape index (κ2) is 13.0. The van der Waals surface area contributed by atoms with Crippen LogP contribution in [0.2, 0.25) is 0 Å². The van der Waals surface area contributed by atoms with Crippen molar-refractivity contribution < 1.29 is 37.3 Å². The van der Waals surface area contributed by atoms with E-state index in [0.717, 1.165) is 29.8 Å². The highest BCUT2D eigenvalue weighted by Gasteiger charge is 2.36. The normalized spacial score (nSPS) is 20.3. The lowest BCUT2D eigenvalue weighted by Gasteiger charge is -2.39. The summed E-state index contributed by atoms with van der Waals surface area (Å²) < 4.78 is 54.5. The molecular formula is C28H30F3N5O5. The minimum atomic E-state index is -1.15. The van der Waals surface area contributed by atoms with Crippen molar-refractivity contribution in [3.8, 4) is 17.0 Å². The topological polar surface area (TPSA) is 149 Å². The van der Waals surface area contributed by atoms with Gasteiger partial charge in [-0.25, -0.2) is 22.9 Å². The molecule has 0 radical (unpaired) electrons. The van der Waals surface area contributed by atoms with Crippen LogP contribution in [-0.2, 0) is 4.74 Å². The highest BCUT2D eigenvalue weighted by atomic mass is 19.1. The molecule has 0 unspecified atom stereocenters. The third-order valence-corrected chi connectivity index (χ3v) is 7.01. The average molecular weight is 574 g/mol. The number of nitrogens with zero attached hydrogens (tertiary/aromatic N) is 2. The molecule has 2 heterocycles. The van der Waals surface area contributed by atoms with Gasteiger partial charge in [0.15, 0.2) is 0 Å². The average Bonchev–Trinajstić information content (AvgIpc) is 2.91. The second-order valence-corrected chi connectivity index (χ2v) is 9.83. The van der Waals surface area contributed by atoms with Crippen LogP contribution in [0.4, 0.5) is 23.7 Å². The third kappa shape index (κ3) is 6.92. The minimum absolute atomic E-state index is 0.0544. The first-order valence-electron chi connectivity index (χ1n) is 12.9. The fourth-order valence-electron chi connectivity index (χ4n) is 5.13. The summed E-state index contributed by atoms with van der Waals surface area (Å²) in [7, 11) is 1.45. The molecule has 5 N–H and O–H groups in total. The van der Waals surface area contributed by atoms with Gasteiger partial charge in [0.25, 0.3) is 5.91 Å². The number of carbonyl (C=O) groups is 2. The second-order valence-electron chi connectivity index (χ2n) is 9.83. The maximum atomic E-state index is 14.9. The zero-order chi connectivity index (χ0) is 29.7. The molecule has 10 nitrogen and oxygen atoms in total. The summed E-state index contributed by atoms with van der Waals surface area (Å²) in [5.74, 6) is -4.32. The van der Waals surface area contributed by atoms with Gasteiger partial charge in [-0.05, 0) is 48.4 Å². The molecule has 4 rings (SSSR count). The van der Waals surface area contributed by atoms with Crippen LogP contribution in [0.5, 0.6) is 5.75 Å². The molecule has 0 bridgehead atoms. The number of aromatic nitrogens is 2. The molecule has 218 valence electrons. The fourth-order valence-corrected chi connectivity index (χ4v) is 5.13. The number of halogens is 3. The number of benzene rings is 1. The molecule has 1 aliphatic rings. The van der Waals surface area contributed by atoms with Crippen LogP contribution in [0.1, 0.15) is 41.7 Å². The first kappa shape index (κ1) is 29.7. The SMILES string of the molecule is COCCOc1cc(F)c(-c2nc(C(=O)Nc3cnccc3[C@H]3C[C@@H](N)[C@@H](NC(=O)O)[C@@H](C)C3)ccc2F)c(F)c1. The number of carboxylic acid groups (broad SMARTS) is 1. The monoisotopic (exact) mass is 573 g/mol. The molecule has 13 heteroatoms. The number of rotatable bonds is 9. The van der Waals surface area contributed by atoms with E-state index in [2.05, 4.69) is 20.6 Å². The number of nitrogens with one attached hydrogen (secondary N) is 2. The van der Waals surface area contributed by atoms with Gasteiger partial charge in [-0.15, -0.1) is 0 Å². The Morgan fingerprint density at radius 3 is 2.49 bits per heavy atom. The maximum Gasteiger partial charge on any atom is 0.404 e. The van der Waals surface area contributed by atoms with Crippen LogP contribution in [0, 0.1) is 23.4 Å². The first-order chi connectivity index (χ1) is 19.6. The van der Waals surface area contributed by atoms with Crippen LogP contribution in [0.25, 0.3) is 11.3 Å². The van der Waals surface area contributed by atoms with Crippen molar-refractivity contribution in [2.24, 2.45) is 11.7 Å². The predicted molar refractivity (Wildman–Crippen MR) is 143 cm³/mol. The molecule has 1 aliphatic carbocycles. The van der Waals surface area contributed by atoms with E-state index < -0.39 is 52.8 Å². The number of carbonyl (C=O) groups excluding carboxylic acids is 1. The number of anilines is 1. The number of methoxy groups -OCH3 is 1. The Bertz CT molecular complexity index is 1390. The zero-order valence-corrected chi connectivity index (χ0v) is 22.4. The molecule has 1 saturated carbocycles. The highest BCUT2D eigenvalue weighted by molar-refractivity contribution is 6.03. The van der Waals surface area contributed by atoms with Crippen LogP contribution < -0.4 is 21.1 Å². The van der Waals surface area contributed by atoms with Crippen LogP contribution in [0.3, 0.4) is 0 Å². The van der Waals surface area contributed by atoms with Gasteiger partial charge < -0.3 is 30.9 Å². The molecule has 0 aliphatic heterocycles. The number of hydrogen-bond acceptors (Lipinski definition) is 7. The van der Waals surface area contributed by atoms with E-state index in [1.54, 1.807) is 12.3 Å². The zero-order valence-electron chi connectivity index (χ0n) is 22.4. The van der Waals surface area contributed by atoms with Gasteiger partial charge in [-0.3, -0.25) is 9.78 Å². The Labute approximate surface area is 234 Å². The summed E-state index contributed by atoms with van der Waals surface area (Å²) in [6, 6.07) is 4.66. The highest BCUT2D eigenvalue weighted by Crippen LogP contribution is 2.39. The van der Waals surface area contributed by atoms with Gasteiger partial charge in [0, 0.05) is 37.5 Å². The number of amides is 2. The molecule has 0 spiro atoms. The fraction of sp³-hybridized carbons (Fsp3) is 0.357. The molecular weight excluding hydrogens is 543 g/mol. The quantitative estimate of drug-likeness (QED) is 0.277. The van der Waals surface area contributed by atoms with Crippen LogP contribution in [0.15, 0.2) is 42.7 Å². The Kier molecular flexibility index (Phi) is 9.40. The van der Waals surface area contributed by atoms with E-state index in [-0.39, 0.29) is 36.5 Å². The van der Waals surface area contributed by atoms with E-state index in [4.69, 9.17) is 20.3 Å². The number of pyridine rings is 2. The summed E-state index contributed by atoms with van der Waals surface area (Å²) in [6.45, 7) is 2.15. The third-order valence-electron chi connectivity index (χ3n) is 7.01. The largest absolute Gasteiger partial charge is 0.491 e. The van der Waals surface area contributed by atoms with Crippen molar-refractivity contribution in [3.63, 3.8) is 0 Å². The van der Waals surface area contributed by atoms with Gasteiger partial charge in [-0.1, -0.05) is 6.92 Å². The van der Waals surface area contributed by atoms with E-state index in [9.17, 15) is 22.8 Å². The smallest absolute Gasteiger partial charge is 0.404 e. The molecule has 1 aromatic carbocycles. The van der Waals surface area contributed by atoms with Crippen LogP contribution >= 0.6 is 0 Å². The summed E-state index contributed by atoms with van der Waals surface area (Å²) >= 11 is 0. The van der Waals surface area contributed by atoms with E-state index in [1.165, 1.54) is 13.3 Å². The lowest BCUT2D eigenvalue weighted by atomic mass is 9.73. The van der Waals surface area contributed by atoms with E-state index in [1.807, 2.05) is 6.92 Å². The summed E-state index contributed by atoms with van der Waals surface area (Å²) in [6.07, 6.45) is 2.89. The van der Waals surface area contributed by atoms with Gasteiger partial charge in [0.2, 0.25) is 0 Å². The molecule has 2 amide bonds. The first-order valence-corrected chi connectivity index (χ1v) is 12.9. The standard InChI is InChI=1S/C28H30F3N5O5/c1-14-9-15(10-21(32)25(14)36-28(38)39)17-5-6-33-13-23(17)35-27(37)22-4-3-18(29)26(34-22)24-19(30)11-16(12-20(24)31)41-8-7-40-2/h3-6,11-15,21,25,36H,7-10,32H2,1-2H3,(H,35,37)(H,38,39)/t14-,15+,21+,25-/m0/s1. The molecule has 41 heavy (non-hydrogen) atoms.